The molecule has 1 atom stereocenters. The summed E-state index contributed by atoms with van der Waals surface area (Å²) in [6.45, 7) is 9.41. The van der Waals surface area contributed by atoms with E-state index in [2.05, 4.69) is 45.7 Å². The minimum Gasteiger partial charge on any atom is -0.289 e. The van der Waals surface area contributed by atoms with Crippen LogP contribution in [0.4, 0.5) is 0 Å². The molecule has 0 amide bonds. The summed E-state index contributed by atoms with van der Waals surface area (Å²) in [5.74, 6) is 0. The SMILES string of the molecule is C=CC[N+](C)(C1=CCCC=C1)C(C)C. The molecule has 1 rings (SSSR count). The van der Waals surface area contributed by atoms with Crippen molar-refractivity contribution in [2.45, 2.75) is 32.7 Å². The Morgan fingerprint density at radius 2 is 2.21 bits per heavy atom. The maximum absolute atomic E-state index is 3.86. The molecule has 0 radical (unpaired) electrons. The van der Waals surface area contributed by atoms with Crippen LogP contribution in [0.5, 0.6) is 0 Å². The molecule has 78 valence electrons. The summed E-state index contributed by atoms with van der Waals surface area (Å²) < 4.78 is 0.972. The Bertz CT molecular complexity index is 260. The van der Waals surface area contributed by atoms with Crippen molar-refractivity contribution in [3.05, 3.63) is 36.6 Å². The van der Waals surface area contributed by atoms with Crippen molar-refractivity contribution in [1.82, 2.24) is 0 Å². The molecular weight excluding hydrogens is 170 g/mol. The summed E-state index contributed by atoms with van der Waals surface area (Å²) in [6.07, 6.45) is 11.3. The lowest BCUT2D eigenvalue weighted by Crippen LogP contribution is -2.48. The quantitative estimate of drug-likeness (QED) is 0.474. The van der Waals surface area contributed by atoms with E-state index in [4.69, 9.17) is 0 Å². The largest absolute Gasteiger partial charge is 0.289 e. The molecule has 0 saturated carbocycles. The zero-order valence-electron chi connectivity index (χ0n) is 9.66. The first-order valence-electron chi connectivity index (χ1n) is 5.44. The van der Waals surface area contributed by atoms with Crippen LogP contribution in [-0.4, -0.2) is 24.1 Å². The lowest BCUT2D eigenvalue weighted by atomic mass is 10.1. The number of likely N-dealkylation sites (N-methyl/N-ethyl adjacent to an activating group) is 1. The summed E-state index contributed by atoms with van der Waals surface area (Å²) in [5, 5.41) is 0. The van der Waals surface area contributed by atoms with Gasteiger partial charge >= 0.3 is 0 Å². The van der Waals surface area contributed by atoms with Crippen LogP contribution < -0.4 is 0 Å². The van der Waals surface area contributed by atoms with Gasteiger partial charge in [0.2, 0.25) is 0 Å². The Morgan fingerprint density at radius 3 is 2.64 bits per heavy atom. The molecule has 0 spiro atoms. The maximum atomic E-state index is 3.86. The minimum absolute atomic E-state index is 0.599. The van der Waals surface area contributed by atoms with Gasteiger partial charge in [-0.15, -0.1) is 0 Å². The number of hydrogen-bond acceptors (Lipinski definition) is 0. The molecule has 0 aliphatic heterocycles. The molecule has 1 heteroatoms. The summed E-state index contributed by atoms with van der Waals surface area (Å²) in [5.41, 5.74) is 1.44. The fraction of sp³-hybridized carbons (Fsp3) is 0.538. The average molecular weight is 192 g/mol. The molecule has 0 aromatic heterocycles. The zero-order valence-corrected chi connectivity index (χ0v) is 9.66. The first-order valence-corrected chi connectivity index (χ1v) is 5.44. The van der Waals surface area contributed by atoms with Crippen molar-refractivity contribution in [1.29, 1.82) is 0 Å². The van der Waals surface area contributed by atoms with E-state index >= 15 is 0 Å². The van der Waals surface area contributed by atoms with Crippen LogP contribution in [0.15, 0.2) is 36.6 Å². The fourth-order valence-electron chi connectivity index (χ4n) is 1.86. The van der Waals surface area contributed by atoms with Crippen molar-refractivity contribution < 1.29 is 4.48 Å². The lowest BCUT2D eigenvalue weighted by Gasteiger charge is -2.38. The van der Waals surface area contributed by atoms with E-state index in [1.54, 1.807) is 0 Å². The van der Waals surface area contributed by atoms with Crippen molar-refractivity contribution in [3.63, 3.8) is 0 Å². The summed E-state index contributed by atoms with van der Waals surface area (Å²) in [7, 11) is 2.29. The number of allylic oxidation sites excluding steroid dienone is 3. The molecule has 0 bridgehead atoms. The van der Waals surface area contributed by atoms with Gasteiger partial charge in [-0.2, -0.15) is 0 Å². The predicted octanol–water partition coefficient (Wildman–Crippen LogP) is 3.26. The van der Waals surface area contributed by atoms with E-state index in [9.17, 15) is 0 Å². The molecule has 14 heavy (non-hydrogen) atoms. The molecule has 0 aromatic rings. The van der Waals surface area contributed by atoms with Gasteiger partial charge in [0.15, 0.2) is 0 Å². The highest BCUT2D eigenvalue weighted by molar-refractivity contribution is 5.16. The van der Waals surface area contributed by atoms with Crippen LogP contribution in [-0.2, 0) is 0 Å². The van der Waals surface area contributed by atoms with Crippen LogP contribution >= 0.6 is 0 Å². The monoisotopic (exact) mass is 192 g/mol. The van der Waals surface area contributed by atoms with Crippen LogP contribution in [0.1, 0.15) is 26.7 Å². The van der Waals surface area contributed by atoms with Gasteiger partial charge in [0.25, 0.3) is 0 Å². The highest BCUT2D eigenvalue weighted by Gasteiger charge is 2.28. The van der Waals surface area contributed by atoms with E-state index in [0.717, 1.165) is 11.0 Å². The molecule has 1 unspecified atom stereocenters. The highest BCUT2D eigenvalue weighted by Crippen LogP contribution is 2.24. The van der Waals surface area contributed by atoms with E-state index in [1.165, 1.54) is 18.5 Å². The van der Waals surface area contributed by atoms with Gasteiger partial charge in [-0.3, -0.25) is 4.48 Å². The van der Waals surface area contributed by atoms with E-state index in [0.29, 0.717) is 6.04 Å². The second kappa shape index (κ2) is 4.61. The number of nitrogens with zero attached hydrogens (tertiary/aromatic N) is 1. The van der Waals surface area contributed by atoms with Gasteiger partial charge in [-0.25, -0.2) is 0 Å². The van der Waals surface area contributed by atoms with Gasteiger partial charge in [-0.05, 0) is 44.9 Å². The first kappa shape index (κ1) is 11.3. The Kier molecular flexibility index (Phi) is 3.70. The molecule has 0 fully saturated rings. The third-order valence-corrected chi connectivity index (χ3v) is 3.21. The third kappa shape index (κ3) is 2.16. The van der Waals surface area contributed by atoms with Crippen LogP contribution in [0.25, 0.3) is 0 Å². The molecule has 0 heterocycles. The highest BCUT2D eigenvalue weighted by atomic mass is 15.4. The van der Waals surface area contributed by atoms with Crippen molar-refractivity contribution in [2.75, 3.05) is 13.6 Å². The van der Waals surface area contributed by atoms with Gasteiger partial charge in [0, 0.05) is 0 Å². The zero-order chi connectivity index (χ0) is 10.6. The molecule has 1 nitrogen and oxygen atoms in total. The molecule has 0 N–H and O–H groups in total. The van der Waals surface area contributed by atoms with Crippen molar-refractivity contribution >= 4 is 0 Å². The van der Waals surface area contributed by atoms with E-state index in [-0.39, 0.29) is 0 Å². The van der Waals surface area contributed by atoms with Gasteiger partial charge in [-0.1, -0.05) is 12.7 Å². The molecule has 0 aromatic carbocycles. The Labute approximate surface area is 88.0 Å². The van der Waals surface area contributed by atoms with Crippen LogP contribution in [0.3, 0.4) is 0 Å². The molecule has 1 aliphatic carbocycles. The Balaban J connectivity index is 2.91. The Morgan fingerprint density at radius 1 is 1.50 bits per heavy atom. The van der Waals surface area contributed by atoms with Gasteiger partial charge in [0.1, 0.15) is 12.2 Å². The molecule has 0 saturated heterocycles. The van der Waals surface area contributed by atoms with Crippen LogP contribution in [0.2, 0.25) is 0 Å². The van der Waals surface area contributed by atoms with E-state index in [1.807, 2.05) is 6.08 Å². The smallest absolute Gasteiger partial charge is 0.128 e. The topological polar surface area (TPSA) is 0 Å². The number of rotatable bonds is 4. The Hall–Kier alpha value is -0.820. The summed E-state index contributed by atoms with van der Waals surface area (Å²) >= 11 is 0. The lowest BCUT2D eigenvalue weighted by molar-refractivity contribution is -0.885. The standard InChI is InChI=1S/C13H22N/c1-5-11-14(4,12(2)3)13-9-7-6-8-10-13/h5,7,9-10,12H,1,6,8,11H2,2-4H3/q+1. The molecular formula is C13H22N+. The van der Waals surface area contributed by atoms with Gasteiger partial charge < -0.3 is 0 Å². The maximum Gasteiger partial charge on any atom is 0.128 e. The van der Waals surface area contributed by atoms with Crippen molar-refractivity contribution in [2.24, 2.45) is 0 Å². The number of hydrogen-bond donors (Lipinski definition) is 0. The van der Waals surface area contributed by atoms with Crippen LogP contribution in [0, 0.1) is 0 Å². The second-order valence-electron chi connectivity index (χ2n) is 4.44. The average Bonchev–Trinajstić information content (AvgIpc) is 2.19. The minimum atomic E-state index is 0.599. The van der Waals surface area contributed by atoms with E-state index < -0.39 is 0 Å². The van der Waals surface area contributed by atoms with Gasteiger partial charge in [0.05, 0.1) is 13.1 Å². The third-order valence-electron chi connectivity index (χ3n) is 3.21. The summed E-state index contributed by atoms with van der Waals surface area (Å²) in [6, 6.07) is 0.599. The molecule has 1 aliphatic rings. The summed E-state index contributed by atoms with van der Waals surface area (Å²) in [4.78, 5) is 0. The predicted molar refractivity (Wildman–Crippen MR) is 62.8 cm³/mol. The fourth-order valence-corrected chi connectivity index (χ4v) is 1.86. The van der Waals surface area contributed by atoms with Crippen molar-refractivity contribution in [3.8, 4) is 0 Å². The second-order valence-corrected chi connectivity index (χ2v) is 4.44. The first-order chi connectivity index (χ1) is 6.61. The normalized spacial score (nSPS) is 20.4. The number of quaternary nitrogens is 1.